The molecule has 1 unspecified atom stereocenters. The Bertz CT molecular complexity index is 444. The molecule has 0 heterocycles. The van der Waals surface area contributed by atoms with Gasteiger partial charge in [0.15, 0.2) is 6.10 Å². The van der Waals surface area contributed by atoms with Crippen LogP contribution in [0.4, 0.5) is 0 Å². The lowest BCUT2D eigenvalue weighted by Gasteiger charge is -2.21. The minimum absolute atomic E-state index is 0.0987. The largest absolute Gasteiger partial charge is 0.497 e. The number of nitrogens with two attached hydrogens (primary N) is 1. The Kier molecular flexibility index (Phi) is 5.18. The van der Waals surface area contributed by atoms with Crippen LogP contribution >= 0.6 is 0 Å². The van der Waals surface area contributed by atoms with Gasteiger partial charge in [-0.3, -0.25) is 4.79 Å². The van der Waals surface area contributed by atoms with Crippen molar-refractivity contribution in [2.24, 2.45) is 5.73 Å². The topological polar surface area (TPSA) is 64.8 Å². The molecule has 1 aromatic rings. The zero-order valence-electron chi connectivity index (χ0n) is 12.1. The van der Waals surface area contributed by atoms with Gasteiger partial charge in [-0.15, -0.1) is 0 Å². The average Bonchev–Trinajstić information content (AvgIpc) is 2.36. The molecule has 0 saturated carbocycles. The van der Waals surface area contributed by atoms with Gasteiger partial charge in [0.05, 0.1) is 7.11 Å². The third kappa shape index (κ3) is 3.86. The van der Waals surface area contributed by atoms with Crippen LogP contribution in [0.25, 0.3) is 0 Å². The molecule has 1 aromatic carbocycles. The molecule has 2 N–H and O–H groups in total. The molecule has 0 aliphatic carbocycles. The minimum atomic E-state index is -0.570. The van der Waals surface area contributed by atoms with Gasteiger partial charge in [0.25, 0.3) is 5.91 Å². The number of ether oxygens (including phenoxy) is 2. The van der Waals surface area contributed by atoms with Crippen LogP contribution in [0.5, 0.6) is 11.5 Å². The molecule has 0 bridgehead atoms. The van der Waals surface area contributed by atoms with Crippen molar-refractivity contribution in [3.05, 3.63) is 23.8 Å². The number of rotatable bonds is 5. The van der Waals surface area contributed by atoms with E-state index in [1.165, 1.54) is 4.90 Å². The number of carbonyl (C=O) groups is 1. The van der Waals surface area contributed by atoms with Crippen LogP contribution in [-0.4, -0.2) is 38.1 Å². The monoisotopic (exact) mass is 266 g/mol. The van der Waals surface area contributed by atoms with Crippen LogP contribution in [-0.2, 0) is 4.79 Å². The Morgan fingerprint density at radius 1 is 1.32 bits per heavy atom. The van der Waals surface area contributed by atoms with Crippen LogP contribution in [0.15, 0.2) is 18.2 Å². The third-order valence-electron chi connectivity index (χ3n) is 2.80. The standard InChI is InChI=1S/C14H22N2O3/c1-9(15)12-7-6-11(18-5)8-13(12)19-10(2)14(17)16(3)4/h6-10H,15H2,1-5H3/t9-,10?/m0/s1. The first kappa shape index (κ1) is 15.3. The number of hydrogen-bond donors (Lipinski definition) is 1. The van der Waals surface area contributed by atoms with Gasteiger partial charge in [0, 0.05) is 31.8 Å². The lowest BCUT2D eigenvalue weighted by molar-refractivity contribution is -0.135. The second-order valence-electron chi connectivity index (χ2n) is 4.69. The molecular formula is C14H22N2O3. The van der Waals surface area contributed by atoms with E-state index in [9.17, 15) is 4.79 Å². The summed E-state index contributed by atoms with van der Waals surface area (Å²) in [6.07, 6.45) is -0.570. The van der Waals surface area contributed by atoms with Gasteiger partial charge >= 0.3 is 0 Å². The minimum Gasteiger partial charge on any atom is -0.497 e. The van der Waals surface area contributed by atoms with Gasteiger partial charge in [-0.25, -0.2) is 0 Å². The van der Waals surface area contributed by atoms with Crippen LogP contribution in [0.1, 0.15) is 25.5 Å². The summed E-state index contributed by atoms with van der Waals surface area (Å²) >= 11 is 0. The van der Waals surface area contributed by atoms with Crippen molar-refractivity contribution in [3.63, 3.8) is 0 Å². The van der Waals surface area contributed by atoms with Gasteiger partial charge in [0.1, 0.15) is 11.5 Å². The molecule has 0 aliphatic heterocycles. The lowest BCUT2D eigenvalue weighted by Crippen LogP contribution is -2.35. The van der Waals surface area contributed by atoms with Crippen LogP contribution in [0.2, 0.25) is 0 Å². The van der Waals surface area contributed by atoms with Crippen molar-refractivity contribution < 1.29 is 14.3 Å². The quantitative estimate of drug-likeness (QED) is 0.878. The molecular weight excluding hydrogens is 244 g/mol. The number of amides is 1. The highest BCUT2D eigenvalue weighted by Gasteiger charge is 2.19. The third-order valence-corrected chi connectivity index (χ3v) is 2.80. The number of nitrogens with zero attached hydrogens (tertiary/aromatic N) is 1. The van der Waals surface area contributed by atoms with E-state index in [2.05, 4.69) is 0 Å². The molecule has 1 amide bonds. The van der Waals surface area contributed by atoms with E-state index in [1.807, 2.05) is 19.1 Å². The van der Waals surface area contributed by atoms with E-state index in [0.717, 1.165) is 5.56 Å². The van der Waals surface area contributed by atoms with E-state index < -0.39 is 6.10 Å². The summed E-state index contributed by atoms with van der Waals surface area (Å²) in [7, 11) is 4.97. The molecule has 5 nitrogen and oxygen atoms in total. The highest BCUT2D eigenvalue weighted by atomic mass is 16.5. The van der Waals surface area contributed by atoms with Crippen LogP contribution in [0.3, 0.4) is 0 Å². The Balaban J connectivity index is 3.00. The van der Waals surface area contributed by atoms with Gasteiger partial charge in [-0.05, 0) is 19.9 Å². The first-order valence-corrected chi connectivity index (χ1v) is 6.18. The van der Waals surface area contributed by atoms with Crippen molar-refractivity contribution >= 4 is 5.91 Å². The van der Waals surface area contributed by atoms with Gasteiger partial charge in [-0.2, -0.15) is 0 Å². The van der Waals surface area contributed by atoms with Crippen LogP contribution in [0, 0.1) is 0 Å². The molecule has 0 radical (unpaired) electrons. The van der Waals surface area contributed by atoms with E-state index in [-0.39, 0.29) is 11.9 Å². The summed E-state index contributed by atoms with van der Waals surface area (Å²) < 4.78 is 10.9. The summed E-state index contributed by atoms with van der Waals surface area (Å²) in [6.45, 7) is 3.58. The maximum atomic E-state index is 11.8. The molecule has 19 heavy (non-hydrogen) atoms. The van der Waals surface area contributed by atoms with E-state index in [1.54, 1.807) is 34.2 Å². The molecule has 1 rings (SSSR count). The summed E-state index contributed by atoms with van der Waals surface area (Å²) in [4.78, 5) is 13.3. The summed E-state index contributed by atoms with van der Waals surface area (Å²) in [5.41, 5.74) is 6.75. The van der Waals surface area contributed by atoms with Crippen molar-refractivity contribution in [2.45, 2.75) is 26.0 Å². The Hall–Kier alpha value is -1.75. The summed E-state index contributed by atoms with van der Waals surface area (Å²) in [6, 6.07) is 5.25. The van der Waals surface area contributed by atoms with Gasteiger partial charge in [0.2, 0.25) is 0 Å². The Morgan fingerprint density at radius 3 is 2.42 bits per heavy atom. The fourth-order valence-corrected chi connectivity index (χ4v) is 1.72. The highest BCUT2D eigenvalue weighted by Crippen LogP contribution is 2.29. The average molecular weight is 266 g/mol. The molecule has 0 aromatic heterocycles. The molecule has 5 heteroatoms. The smallest absolute Gasteiger partial charge is 0.262 e. The molecule has 0 saturated heterocycles. The van der Waals surface area contributed by atoms with Crippen molar-refractivity contribution in [2.75, 3.05) is 21.2 Å². The van der Waals surface area contributed by atoms with Crippen molar-refractivity contribution in [1.82, 2.24) is 4.90 Å². The van der Waals surface area contributed by atoms with E-state index in [4.69, 9.17) is 15.2 Å². The lowest BCUT2D eigenvalue weighted by atomic mass is 10.1. The maximum absolute atomic E-state index is 11.8. The highest BCUT2D eigenvalue weighted by molar-refractivity contribution is 5.80. The number of benzene rings is 1. The van der Waals surface area contributed by atoms with Crippen molar-refractivity contribution in [3.8, 4) is 11.5 Å². The normalized spacial score (nSPS) is 13.6. The Labute approximate surface area is 114 Å². The second-order valence-corrected chi connectivity index (χ2v) is 4.69. The molecule has 0 spiro atoms. The maximum Gasteiger partial charge on any atom is 0.262 e. The molecule has 2 atom stereocenters. The number of methoxy groups -OCH3 is 1. The van der Waals surface area contributed by atoms with E-state index >= 15 is 0 Å². The Morgan fingerprint density at radius 2 is 1.95 bits per heavy atom. The predicted octanol–water partition coefficient (Wildman–Crippen LogP) is 1.57. The molecule has 106 valence electrons. The fourth-order valence-electron chi connectivity index (χ4n) is 1.72. The summed E-state index contributed by atoms with van der Waals surface area (Å²) in [5.74, 6) is 1.15. The van der Waals surface area contributed by atoms with Crippen molar-refractivity contribution in [1.29, 1.82) is 0 Å². The predicted molar refractivity (Wildman–Crippen MR) is 74.4 cm³/mol. The van der Waals surface area contributed by atoms with Crippen LogP contribution < -0.4 is 15.2 Å². The van der Waals surface area contributed by atoms with E-state index in [0.29, 0.717) is 11.5 Å². The van der Waals surface area contributed by atoms with Gasteiger partial charge < -0.3 is 20.1 Å². The first-order chi connectivity index (χ1) is 8.86. The first-order valence-electron chi connectivity index (χ1n) is 6.18. The SMILES string of the molecule is COc1ccc([C@H](C)N)c(OC(C)C(=O)N(C)C)c1. The number of likely N-dealkylation sites (N-methyl/N-ethyl adjacent to an activating group) is 1. The number of hydrogen-bond acceptors (Lipinski definition) is 4. The zero-order valence-corrected chi connectivity index (χ0v) is 12.1. The van der Waals surface area contributed by atoms with Gasteiger partial charge in [-0.1, -0.05) is 6.07 Å². The fraction of sp³-hybridized carbons (Fsp3) is 0.500. The molecule has 0 fully saturated rings. The summed E-state index contributed by atoms with van der Waals surface area (Å²) in [5, 5.41) is 0. The molecule has 0 aliphatic rings. The second kappa shape index (κ2) is 6.43. The zero-order chi connectivity index (χ0) is 14.6. The number of carbonyl (C=O) groups excluding carboxylic acids is 1.